The van der Waals surface area contributed by atoms with Crippen LogP contribution in [0.3, 0.4) is 0 Å². The first-order valence-electron chi connectivity index (χ1n) is 4.74. The maximum Gasteiger partial charge on any atom is 0.129 e. The third kappa shape index (κ3) is 2.49. The number of nitrogens with one attached hydrogen (secondary N) is 2. The smallest absolute Gasteiger partial charge is 0.129 e. The zero-order chi connectivity index (χ0) is 10.5. The van der Waals surface area contributed by atoms with Gasteiger partial charge in [0.2, 0.25) is 0 Å². The summed E-state index contributed by atoms with van der Waals surface area (Å²) >= 11 is 0. The molecule has 2 aromatic rings. The van der Waals surface area contributed by atoms with Gasteiger partial charge in [-0.25, -0.2) is 4.98 Å². The Kier molecular flexibility index (Phi) is 2.88. The van der Waals surface area contributed by atoms with Gasteiger partial charge in [-0.2, -0.15) is 0 Å². The van der Waals surface area contributed by atoms with Crippen LogP contribution in [0.5, 0.6) is 5.75 Å². The molecule has 0 bridgehead atoms. The van der Waals surface area contributed by atoms with E-state index in [2.05, 4.69) is 15.3 Å². The highest BCUT2D eigenvalue weighted by Gasteiger charge is 1.97. The molecule has 0 fully saturated rings. The van der Waals surface area contributed by atoms with Gasteiger partial charge in [0.25, 0.3) is 0 Å². The van der Waals surface area contributed by atoms with Crippen molar-refractivity contribution < 1.29 is 4.74 Å². The van der Waals surface area contributed by atoms with Crippen LogP contribution in [-0.2, 0) is 6.54 Å². The summed E-state index contributed by atoms with van der Waals surface area (Å²) in [4.78, 5) is 7.19. The quantitative estimate of drug-likeness (QED) is 0.799. The van der Waals surface area contributed by atoms with Gasteiger partial charge < -0.3 is 15.0 Å². The van der Waals surface area contributed by atoms with Crippen LogP contribution >= 0.6 is 0 Å². The zero-order valence-electron chi connectivity index (χ0n) is 8.53. The molecule has 78 valence electrons. The van der Waals surface area contributed by atoms with E-state index in [1.54, 1.807) is 13.3 Å². The Balaban J connectivity index is 1.98. The predicted molar refractivity (Wildman–Crippen MR) is 58.9 cm³/mol. The Morgan fingerprint density at radius 3 is 3.13 bits per heavy atom. The molecule has 0 saturated heterocycles. The summed E-state index contributed by atoms with van der Waals surface area (Å²) in [5.74, 6) is 1.62. The molecule has 4 nitrogen and oxygen atoms in total. The Bertz CT molecular complexity index is 412. The maximum absolute atomic E-state index is 5.11. The number of anilines is 1. The average Bonchev–Trinajstić information content (AvgIpc) is 2.79. The Morgan fingerprint density at radius 1 is 1.47 bits per heavy atom. The number of methoxy groups -OCH3 is 1. The third-order valence-corrected chi connectivity index (χ3v) is 2.10. The van der Waals surface area contributed by atoms with Crippen molar-refractivity contribution in [3.05, 3.63) is 42.4 Å². The monoisotopic (exact) mass is 203 g/mol. The van der Waals surface area contributed by atoms with Crippen molar-refractivity contribution in [1.82, 2.24) is 9.97 Å². The Morgan fingerprint density at radius 2 is 2.40 bits per heavy atom. The van der Waals surface area contributed by atoms with Crippen molar-refractivity contribution >= 4 is 5.82 Å². The molecular weight excluding hydrogens is 190 g/mol. The van der Waals surface area contributed by atoms with Crippen LogP contribution in [-0.4, -0.2) is 17.1 Å². The summed E-state index contributed by atoms with van der Waals surface area (Å²) in [6, 6.07) is 5.71. The highest BCUT2D eigenvalue weighted by Crippen LogP contribution is 2.14. The Labute approximate surface area is 88.3 Å². The van der Waals surface area contributed by atoms with Crippen LogP contribution in [0.15, 0.2) is 36.8 Å². The van der Waals surface area contributed by atoms with Crippen LogP contribution in [0, 0.1) is 0 Å². The summed E-state index contributed by atoms with van der Waals surface area (Å²) in [5, 5.41) is 3.21. The standard InChI is InChI=1S/C11H13N3O/c1-15-10-3-5-13-11(6-10)14-8-9-2-4-12-7-9/h2-7,12H,8H2,1H3,(H,13,14). The summed E-state index contributed by atoms with van der Waals surface area (Å²) in [7, 11) is 1.64. The lowest BCUT2D eigenvalue weighted by Crippen LogP contribution is -2.00. The van der Waals surface area contributed by atoms with Crippen molar-refractivity contribution in [3.63, 3.8) is 0 Å². The van der Waals surface area contributed by atoms with Gasteiger partial charge in [-0.3, -0.25) is 0 Å². The van der Waals surface area contributed by atoms with E-state index >= 15 is 0 Å². The number of pyridine rings is 1. The molecule has 0 atom stereocenters. The molecule has 0 aliphatic carbocycles. The fraction of sp³-hybridized carbons (Fsp3) is 0.182. The number of H-pyrrole nitrogens is 1. The lowest BCUT2D eigenvalue weighted by molar-refractivity contribution is 0.414. The minimum Gasteiger partial charge on any atom is -0.497 e. The van der Waals surface area contributed by atoms with E-state index in [0.717, 1.165) is 18.1 Å². The van der Waals surface area contributed by atoms with E-state index in [1.807, 2.05) is 30.6 Å². The molecule has 2 N–H and O–H groups in total. The van der Waals surface area contributed by atoms with Gasteiger partial charge >= 0.3 is 0 Å². The number of rotatable bonds is 4. The lowest BCUT2D eigenvalue weighted by atomic mass is 10.3. The van der Waals surface area contributed by atoms with Crippen LogP contribution in [0.4, 0.5) is 5.82 Å². The molecule has 0 radical (unpaired) electrons. The highest BCUT2D eigenvalue weighted by molar-refractivity contribution is 5.41. The van der Waals surface area contributed by atoms with Gasteiger partial charge in [0.1, 0.15) is 11.6 Å². The van der Waals surface area contributed by atoms with Gasteiger partial charge in [-0.05, 0) is 17.7 Å². The summed E-state index contributed by atoms with van der Waals surface area (Å²) in [6.07, 6.45) is 5.57. The predicted octanol–water partition coefficient (Wildman–Crippen LogP) is 2.03. The van der Waals surface area contributed by atoms with Crippen LogP contribution in [0.1, 0.15) is 5.56 Å². The Hall–Kier alpha value is -1.97. The molecule has 4 heteroatoms. The molecule has 2 heterocycles. The molecule has 0 amide bonds. The number of ether oxygens (including phenoxy) is 1. The summed E-state index contributed by atoms with van der Waals surface area (Å²) < 4.78 is 5.11. The zero-order valence-corrected chi connectivity index (χ0v) is 8.53. The molecule has 0 spiro atoms. The average molecular weight is 203 g/mol. The number of aromatic amines is 1. The molecule has 2 rings (SSSR count). The van der Waals surface area contributed by atoms with Gasteiger partial charge in [0, 0.05) is 31.2 Å². The minimum atomic E-state index is 0.754. The first kappa shape index (κ1) is 9.58. The van der Waals surface area contributed by atoms with Crippen molar-refractivity contribution in [2.24, 2.45) is 0 Å². The number of aromatic nitrogens is 2. The normalized spacial score (nSPS) is 9.93. The van der Waals surface area contributed by atoms with Crippen LogP contribution in [0.25, 0.3) is 0 Å². The maximum atomic E-state index is 5.11. The van der Waals surface area contributed by atoms with Gasteiger partial charge in [-0.15, -0.1) is 0 Å². The van der Waals surface area contributed by atoms with Crippen molar-refractivity contribution in [3.8, 4) is 5.75 Å². The number of nitrogens with zero attached hydrogens (tertiary/aromatic N) is 1. The topological polar surface area (TPSA) is 49.9 Å². The van der Waals surface area contributed by atoms with E-state index in [0.29, 0.717) is 0 Å². The molecule has 2 aromatic heterocycles. The fourth-order valence-electron chi connectivity index (χ4n) is 1.30. The minimum absolute atomic E-state index is 0.754. The molecule has 0 aliphatic rings. The molecule has 0 saturated carbocycles. The van der Waals surface area contributed by atoms with E-state index in [4.69, 9.17) is 4.74 Å². The van der Waals surface area contributed by atoms with E-state index in [1.165, 1.54) is 5.56 Å². The van der Waals surface area contributed by atoms with Crippen molar-refractivity contribution in [2.45, 2.75) is 6.54 Å². The highest BCUT2D eigenvalue weighted by atomic mass is 16.5. The molecule has 0 aliphatic heterocycles. The number of hydrogen-bond donors (Lipinski definition) is 2. The van der Waals surface area contributed by atoms with E-state index in [-0.39, 0.29) is 0 Å². The molecular formula is C11H13N3O. The van der Waals surface area contributed by atoms with E-state index < -0.39 is 0 Å². The SMILES string of the molecule is COc1ccnc(NCc2cc[nH]c2)c1. The van der Waals surface area contributed by atoms with Gasteiger partial charge in [0.15, 0.2) is 0 Å². The molecule has 0 unspecified atom stereocenters. The van der Waals surface area contributed by atoms with E-state index in [9.17, 15) is 0 Å². The molecule has 15 heavy (non-hydrogen) atoms. The third-order valence-electron chi connectivity index (χ3n) is 2.10. The first-order valence-corrected chi connectivity index (χ1v) is 4.74. The van der Waals surface area contributed by atoms with Crippen LogP contribution < -0.4 is 10.1 Å². The fourth-order valence-corrected chi connectivity index (χ4v) is 1.30. The van der Waals surface area contributed by atoms with Crippen LogP contribution in [0.2, 0.25) is 0 Å². The molecule has 0 aromatic carbocycles. The number of hydrogen-bond acceptors (Lipinski definition) is 3. The largest absolute Gasteiger partial charge is 0.497 e. The second-order valence-corrected chi connectivity index (χ2v) is 3.15. The van der Waals surface area contributed by atoms with Gasteiger partial charge in [-0.1, -0.05) is 0 Å². The lowest BCUT2D eigenvalue weighted by Gasteiger charge is -2.05. The van der Waals surface area contributed by atoms with Crippen molar-refractivity contribution in [2.75, 3.05) is 12.4 Å². The second-order valence-electron chi connectivity index (χ2n) is 3.15. The summed E-state index contributed by atoms with van der Waals surface area (Å²) in [6.45, 7) is 0.754. The summed E-state index contributed by atoms with van der Waals surface area (Å²) in [5.41, 5.74) is 1.19. The van der Waals surface area contributed by atoms with Gasteiger partial charge in [0.05, 0.1) is 7.11 Å². The first-order chi connectivity index (χ1) is 7.38. The van der Waals surface area contributed by atoms with Crippen molar-refractivity contribution in [1.29, 1.82) is 0 Å². The second kappa shape index (κ2) is 4.50.